The highest BCUT2D eigenvalue weighted by Gasteiger charge is 2.25. The lowest BCUT2D eigenvalue weighted by atomic mass is 9.85. The van der Waals surface area contributed by atoms with E-state index >= 15 is 0 Å². The second-order valence-electron chi connectivity index (χ2n) is 9.08. The Balaban J connectivity index is 1.22. The fourth-order valence-electron chi connectivity index (χ4n) is 4.50. The van der Waals surface area contributed by atoms with Gasteiger partial charge in [0.1, 0.15) is 0 Å². The van der Waals surface area contributed by atoms with Crippen LogP contribution in [0.1, 0.15) is 52.8 Å². The average molecular weight is 493 g/mol. The summed E-state index contributed by atoms with van der Waals surface area (Å²) in [4.78, 5) is 35.7. The van der Waals surface area contributed by atoms with Crippen molar-refractivity contribution in [2.24, 2.45) is 5.92 Å². The van der Waals surface area contributed by atoms with Crippen LogP contribution in [0, 0.1) is 11.7 Å². The van der Waals surface area contributed by atoms with E-state index in [1.54, 1.807) is 6.07 Å². The number of carbonyl (C=O) groups is 3. The van der Waals surface area contributed by atoms with Crippen molar-refractivity contribution in [3.63, 3.8) is 0 Å². The Bertz CT molecular complexity index is 1250. The van der Waals surface area contributed by atoms with E-state index in [2.05, 4.69) is 10.6 Å². The van der Waals surface area contributed by atoms with Crippen molar-refractivity contribution in [2.75, 3.05) is 13.1 Å². The lowest BCUT2D eigenvalue weighted by Gasteiger charge is -2.28. The number of benzene rings is 3. The molecule has 0 saturated heterocycles. The van der Waals surface area contributed by atoms with Gasteiger partial charge in [-0.15, -0.1) is 0 Å². The summed E-state index contributed by atoms with van der Waals surface area (Å²) in [6.45, 7) is 0.420. The molecule has 3 aromatic carbocycles. The summed E-state index contributed by atoms with van der Waals surface area (Å²) in [5, 5.41) is 16.4. The highest BCUT2D eigenvalue weighted by atomic mass is 19.1. The third-order valence-corrected chi connectivity index (χ3v) is 6.45. The molecular formula is C28H29FN2O5. The first-order chi connectivity index (χ1) is 17.4. The number of rotatable bonds is 9. The van der Waals surface area contributed by atoms with Crippen molar-refractivity contribution in [3.05, 3.63) is 77.6 Å². The summed E-state index contributed by atoms with van der Waals surface area (Å²) in [6.07, 6.45) is 2.79. The van der Waals surface area contributed by atoms with Crippen LogP contribution in [0.5, 0.6) is 5.75 Å². The normalized spacial score (nSPS) is 17.4. The van der Waals surface area contributed by atoms with Gasteiger partial charge in [0.25, 0.3) is 11.8 Å². The van der Waals surface area contributed by atoms with E-state index in [0.717, 1.165) is 29.7 Å². The maximum atomic E-state index is 14.6. The van der Waals surface area contributed by atoms with Crippen molar-refractivity contribution in [3.8, 4) is 5.75 Å². The summed E-state index contributed by atoms with van der Waals surface area (Å²) >= 11 is 0. The number of carbonyl (C=O) groups excluding carboxylic acids is 2. The molecule has 4 rings (SSSR count). The standard InChI is InChI=1S/C28H29FN2O5/c29-24-17-22(9-12-25(24)36-23-10-5-18(6-11-23)15-26(32)33)28(35)31-14-13-30-27(34)21-8-7-19-3-1-2-4-20(19)16-21/h1-4,7-9,12,16-18,23H,5-6,10-11,13-15H2,(H,30,34)(H,31,35)(H,32,33)/t18-,23+. The van der Waals surface area contributed by atoms with Gasteiger partial charge in [-0.05, 0) is 72.7 Å². The molecule has 0 aromatic heterocycles. The van der Waals surface area contributed by atoms with E-state index in [9.17, 15) is 18.8 Å². The second-order valence-corrected chi connectivity index (χ2v) is 9.08. The zero-order valence-electron chi connectivity index (χ0n) is 19.8. The molecule has 0 aliphatic heterocycles. The number of hydrogen-bond donors (Lipinski definition) is 3. The average Bonchev–Trinajstić information content (AvgIpc) is 2.88. The third kappa shape index (κ3) is 6.59. The highest BCUT2D eigenvalue weighted by molar-refractivity contribution is 5.98. The van der Waals surface area contributed by atoms with Crippen molar-refractivity contribution in [1.29, 1.82) is 0 Å². The van der Waals surface area contributed by atoms with Crippen molar-refractivity contribution in [1.82, 2.24) is 10.6 Å². The minimum atomic E-state index is -0.799. The maximum absolute atomic E-state index is 14.6. The van der Waals surface area contributed by atoms with E-state index < -0.39 is 17.7 Å². The molecule has 0 radical (unpaired) electrons. The van der Waals surface area contributed by atoms with E-state index in [1.807, 2.05) is 36.4 Å². The molecule has 0 spiro atoms. The predicted octanol–water partition coefficient (Wildman–Crippen LogP) is 4.55. The van der Waals surface area contributed by atoms with Gasteiger partial charge in [0.2, 0.25) is 0 Å². The first-order valence-electron chi connectivity index (χ1n) is 12.1. The van der Waals surface area contributed by atoms with Crippen LogP contribution in [0.2, 0.25) is 0 Å². The van der Waals surface area contributed by atoms with E-state index in [0.29, 0.717) is 18.4 Å². The SMILES string of the molecule is O=C(O)C[C@H]1CC[C@@H](Oc2ccc(C(=O)NCCNC(=O)c3ccc4ccccc4c3)cc2F)CC1. The Labute approximate surface area is 208 Å². The second kappa shape index (κ2) is 11.7. The first kappa shape index (κ1) is 25.2. The summed E-state index contributed by atoms with van der Waals surface area (Å²) in [5.41, 5.74) is 0.693. The lowest BCUT2D eigenvalue weighted by Crippen LogP contribution is -2.34. The third-order valence-electron chi connectivity index (χ3n) is 6.45. The van der Waals surface area contributed by atoms with Crippen LogP contribution < -0.4 is 15.4 Å². The summed E-state index contributed by atoms with van der Waals surface area (Å²) in [5.74, 6) is -1.90. The molecule has 0 bridgehead atoms. The largest absolute Gasteiger partial charge is 0.487 e. The minimum absolute atomic E-state index is 0.0795. The van der Waals surface area contributed by atoms with Crippen LogP contribution in [0.25, 0.3) is 10.8 Å². The van der Waals surface area contributed by atoms with Gasteiger partial charge in [-0.25, -0.2) is 4.39 Å². The van der Waals surface area contributed by atoms with Crippen LogP contribution in [-0.2, 0) is 4.79 Å². The Morgan fingerprint density at radius 1 is 0.833 bits per heavy atom. The molecule has 0 atom stereocenters. The molecule has 0 heterocycles. The predicted molar refractivity (Wildman–Crippen MR) is 134 cm³/mol. The number of hydrogen-bond acceptors (Lipinski definition) is 4. The molecule has 1 saturated carbocycles. The van der Waals surface area contributed by atoms with Gasteiger partial charge in [0.05, 0.1) is 6.10 Å². The van der Waals surface area contributed by atoms with Gasteiger partial charge in [-0.3, -0.25) is 14.4 Å². The first-order valence-corrected chi connectivity index (χ1v) is 12.1. The summed E-state index contributed by atoms with van der Waals surface area (Å²) < 4.78 is 20.3. The van der Waals surface area contributed by atoms with Crippen molar-refractivity contribution in [2.45, 2.75) is 38.2 Å². The van der Waals surface area contributed by atoms with Gasteiger partial charge < -0.3 is 20.5 Å². The number of fused-ring (bicyclic) bond motifs is 1. The number of nitrogens with one attached hydrogen (secondary N) is 2. The Morgan fingerprint density at radius 2 is 1.44 bits per heavy atom. The maximum Gasteiger partial charge on any atom is 0.303 e. The van der Waals surface area contributed by atoms with Gasteiger partial charge in [-0.1, -0.05) is 30.3 Å². The number of carboxylic acid groups (broad SMARTS) is 1. The Kier molecular flexibility index (Phi) is 8.15. The molecule has 0 unspecified atom stereocenters. The lowest BCUT2D eigenvalue weighted by molar-refractivity contribution is -0.138. The summed E-state index contributed by atoms with van der Waals surface area (Å²) in [7, 11) is 0. The number of ether oxygens (including phenoxy) is 1. The highest BCUT2D eigenvalue weighted by Crippen LogP contribution is 2.30. The number of aliphatic carboxylic acids is 1. The van der Waals surface area contributed by atoms with Crippen LogP contribution in [0.3, 0.4) is 0 Å². The van der Waals surface area contributed by atoms with E-state index in [4.69, 9.17) is 9.84 Å². The van der Waals surface area contributed by atoms with Gasteiger partial charge in [0.15, 0.2) is 11.6 Å². The molecule has 1 aliphatic rings. The van der Waals surface area contributed by atoms with Crippen LogP contribution in [0.15, 0.2) is 60.7 Å². The molecule has 36 heavy (non-hydrogen) atoms. The molecule has 1 fully saturated rings. The van der Waals surface area contributed by atoms with Crippen LogP contribution >= 0.6 is 0 Å². The van der Waals surface area contributed by atoms with E-state index in [1.165, 1.54) is 12.1 Å². The quantitative estimate of drug-likeness (QED) is 0.380. The zero-order valence-corrected chi connectivity index (χ0v) is 19.8. The fraction of sp³-hybridized carbons (Fsp3) is 0.321. The molecule has 3 N–H and O–H groups in total. The molecule has 2 amide bonds. The van der Waals surface area contributed by atoms with Gasteiger partial charge >= 0.3 is 5.97 Å². The Morgan fingerprint density at radius 3 is 2.08 bits per heavy atom. The van der Waals surface area contributed by atoms with Crippen molar-refractivity contribution < 1.29 is 28.6 Å². The number of carboxylic acids is 1. The number of halogens is 1. The molecule has 3 aromatic rings. The molecule has 1 aliphatic carbocycles. The van der Waals surface area contributed by atoms with E-state index in [-0.39, 0.29) is 48.8 Å². The van der Waals surface area contributed by atoms with Crippen molar-refractivity contribution >= 4 is 28.6 Å². The topological polar surface area (TPSA) is 105 Å². The molecular weight excluding hydrogens is 463 g/mol. The smallest absolute Gasteiger partial charge is 0.303 e. The molecule has 8 heteroatoms. The minimum Gasteiger partial charge on any atom is -0.487 e. The monoisotopic (exact) mass is 492 g/mol. The van der Waals surface area contributed by atoms with Gasteiger partial charge in [0, 0.05) is 30.6 Å². The van der Waals surface area contributed by atoms with Crippen LogP contribution in [0.4, 0.5) is 4.39 Å². The Hall–Kier alpha value is -3.94. The molecule has 7 nitrogen and oxygen atoms in total. The summed E-state index contributed by atoms with van der Waals surface area (Å²) in [6, 6.07) is 17.3. The van der Waals surface area contributed by atoms with Crippen LogP contribution in [-0.4, -0.2) is 42.1 Å². The number of amides is 2. The molecule has 188 valence electrons. The fourth-order valence-corrected chi connectivity index (χ4v) is 4.50. The van der Waals surface area contributed by atoms with Gasteiger partial charge in [-0.2, -0.15) is 0 Å². The zero-order chi connectivity index (χ0) is 25.5.